The Morgan fingerprint density at radius 2 is 1.89 bits per heavy atom. The van der Waals surface area contributed by atoms with E-state index in [9.17, 15) is 23.1 Å². The molecule has 1 aromatic rings. The molecule has 3 rings (SSSR count). The lowest BCUT2D eigenvalue weighted by molar-refractivity contribution is -0.250. The van der Waals surface area contributed by atoms with Gasteiger partial charge in [0.25, 0.3) is 5.91 Å². The Labute approximate surface area is 164 Å². The molecule has 0 radical (unpaired) electrons. The number of nitrogens with one attached hydrogen (secondary N) is 1. The molecule has 0 bridgehead atoms. The topological polar surface area (TPSA) is 52.6 Å². The van der Waals surface area contributed by atoms with E-state index in [0.29, 0.717) is 13.3 Å². The van der Waals surface area contributed by atoms with Gasteiger partial charge in [0.05, 0.1) is 0 Å². The minimum Gasteiger partial charge on any atom is -0.373 e. The molecule has 2 aliphatic rings. The molecule has 156 valence electrons. The Bertz CT molecular complexity index is 760. The minimum atomic E-state index is -5.00. The highest BCUT2D eigenvalue weighted by Crippen LogP contribution is 2.37. The molecule has 1 fully saturated rings. The smallest absolute Gasteiger partial charge is 0.373 e. The second-order valence-electron chi connectivity index (χ2n) is 9.15. The highest BCUT2D eigenvalue weighted by Gasteiger charge is 2.57. The van der Waals surface area contributed by atoms with Gasteiger partial charge in [-0.1, -0.05) is 32.9 Å². The van der Waals surface area contributed by atoms with Crippen LogP contribution in [0.15, 0.2) is 12.1 Å². The molecule has 7 heteroatoms. The first-order valence-electron chi connectivity index (χ1n) is 9.80. The summed E-state index contributed by atoms with van der Waals surface area (Å²) in [6.07, 6.45) is -2.38. The number of aliphatic hydroxyl groups is 1. The monoisotopic (exact) mass is 398 g/mol. The fourth-order valence-electron chi connectivity index (χ4n) is 4.03. The van der Waals surface area contributed by atoms with Gasteiger partial charge in [-0.2, -0.15) is 13.2 Å². The summed E-state index contributed by atoms with van der Waals surface area (Å²) in [5.74, 6) is -1.28. The maximum absolute atomic E-state index is 13.1. The number of benzene rings is 1. The molecule has 2 N–H and O–H groups in total. The fraction of sp³-hybridized carbons (Fsp3) is 0.667. The molecular formula is C21H29F3N2O2. The van der Waals surface area contributed by atoms with Crippen molar-refractivity contribution in [2.45, 2.75) is 76.7 Å². The Kier molecular flexibility index (Phi) is 5.30. The summed E-state index contributed by atoms with van der Waals surface area (Å²) in [5, 5.41) is 13.3. The molecule has 2 aliphatic heterocycles. The number of halogens is 3. The molecule has 0 saturated carbocycles. The van der Waals surface area contributed by atoms with Crippen molar-refractivity contribution in [3.63, 3.8) is 0 Å². The first kappa shape index (κ1) is 21.1. The average Bonchev–Trinajstić information content (AvgIpc) is 3.12. The van der Waals surface area contributed by atoms with E-state index in [0.717, 1.165) is 41.0 Å². The number of hydrogen-bond donors (Lipinski definition) is 2. The van der Waals surface area contributed by atoms with E-state index in [1.807, 2.05) is 6.07 Å². The van der Waals surface area contributed by atoms with Crippen LogP contribution < -0.4 is 5.32 Å². The zero-order valence-corrected chi connectivity index (χ0v) is 16.9. The molecular weight excluding hydrogens is 369 g/mol. The van der Waals surface area contributed by atoms with Crippen LogP contribution in [0, 0.1) is 0 Å². The Hall–Kier alpha value is -1.60. The first-order chi connectivity index (χ1) is 12.8. The lowest BCUT2D eigenvalue weighted by Gasteiger charge is -2.37. The van der Waals surface area contributed by atoms with Gasteiger partial charge in [0.2, 0.25) is 5.60 Å². The molecule has 1 saturated heterocycles. The number of amides is 1. The third kappa shape index (κ3) is 3.79. The number of alkyl halides is 3. The van der Waals surface area contributed by atoms with Gasteiger partial charge < -0.3 is 15.3 Å². The molecule has 28 heavy (non-hydrogen) atoms. The van der Waals surface area contributed by atoms with Crippen LogP contribution in [0.4, 0.5) is 13.2 Å². The molecule has 1 aromatic carbocycles. The van der Waals surface area contributed by atoms with Crippen molar-refractivity contribution in [3.8, 4) is 0 Å². The van der Waals surface area contributed by atoms with Crippen LogP contribution >= 0.6 is 0 Å². The van der Waals surface area contributed by atoms with E-state index in [1.54, 1.807) is 0 Å². The molecule has 0 aliphatic carbocycles. The van der Waals surface area contributed by atoms with Gasteiger partial charge in [-0.3, -0.25) is 4.79 Å². The summed E-state index contributed by atoms with van der Waals surface area (Å²) < 4.78 is 39.4. The Morgan fingerprint density at radius 1 is 1.21 bits per heavy atom. The average molecular weight is 398 g/mol. The largest absolute Gasteiger partial charge is 0.426 e. The maximum atomic E-state index is 13.1. The zero-order valence-electron chi connectivity index (χ0n) is 16.9. The highest BCUT2D eigenvalue weighted by molar-refractivity contribution is 5.85. The zero-order chi connectivity index (χ0) is 20.9. The molecule has 0 aromatic heterocycles. The van der Waals surface area contributed by atoms with Gasteiger partial charge in [-0.05, 0) is 60.4 Å². The standard InChI is InChI=1S/C21H29F3N2O2/c1-19(2,3)14-10-13-12-26(18(27)20(4,28)21(22,23)24)9-7-15(13)16(11-14)17-6-5-8-25-17/h10-11,17,25,28H,5-9,12H2,1-4H3/t17-,20+/m0/s1. The van der Waals surface area contributed by atoms with Gasteiger partial charge >= 0.3 is 6.18 Å². The number of nitrogens with zero attached hydrogens (tertiary/aromatic N) is 1. The Balaban J connectivity index is 1.98. The van der Waals surface area contributed by atoms with E-state index in [-0.39, 0.29) is 24.5 Å². The normalized spacial score (nSPS) is 22.7. The van der Waals surface area contributed by atoms with Crippen molar-refractivity contribution in [2.24, 2.45) is 0 Å². The molecule has 1 amide bonds. The van der Waals surface area contributed by atoms with Gasteiger partial charge in [0, 0.05) is 19.1 Å². The van der Waals surface area contributed by atoms with Crippen molar-refractivity contribution in [1.29, 1.82) is 0 Å². The van der Waals surface area contributed by atoms with Crippen molar-refractivity contribution in [1.82, 2.24) is 10.2 Å². The van der Waals surface area contributed by atoms with Crippen LogP contribution in [0.5, 0.6) is 0 Å². The third-order valence-corrected chi connectivity index (χ3v) is 5.93. The summed E-state index contributed by atoms with van der Waals surface area (Å²) >= 11 is 0. The van der Waals surface area contributed by atoms with E-state index in [2.05, 4.69) is 32.2 Å². The van der Waals surface area contributed by atoms with Gasteiger partial charge in [-0.25, -0.2) is 0 Å². The SMILES string of the molecule is CC(C)(C)c1cc2c(c([C@@H]3CCCN3)c1)CCN(C(=O)[C@@](C)(O)C(F)(F)F)C2. The predicted molar refractivity (Wildman–Crippen MR) is 101 cm³/mol. The number of carbonyl (C=O) groups is 1. The van der Waals surface area contributed by atoms with Crippen molar-refractivity contribution in [2.75, 3.05) is 13.1 Å². The van der Waals surface area contributed by atoms with Crippen LogP contribution in [0.2, 0.25) is 0 Å². The minimum absolute atomic E-state index is 0.0873. The van der Waals surface area contributed by atoms with E-state index in [1.165, 1.54) is 5.56 Å². The van der Waals surface area contributed by atoms with Gasteiger partial charge in [-0.15, -0.1) is 0 Å². The van der Waals surface area contributed by atoms with Crippen molar-refractivity contribution in [3.05, 3.63) is 34.4 Å². The highest BCUT2D eigenvalue weighted by atomic mass is 19.4. The summed E-state index contributed by atoms with van der Waals surface area (Å²) in [5.41, 5.74) is 0.826. The third-order valence-electron chi connectivity index (χ3n) is 5.93. The second-order valence-corrected chi connectivity index (χ2v) is 9.15. The molecule has 4 nitrogen and oxygen atoms in total. The summed E-state index contributed by atoms with van der Waals surface area (Å²) in [7, 11) is 0. The van der Waals surface area contributed by atoms with Gasteiger partial charge in [0.1, 0.15) is 0 Å². The summed E-state index contributed by atoms with van der Waals surface area (Å²) in [6.45, 7) is 8.04. The molecule has 0 unspecified atom stereocenters. The van der Waals surface area contributed by atoms with Gasteiger partial charge in [0.15, 0.2) is 0 Å². The fourth-order valence-corrected chi connectivity index (χ4v) is 4.03. The van der Waals surface area contributed by atoms with E-state index < -0.39 is 17.7 Å². The summed E-state index contributed by atoms with van der Waals surface area (Å²) in [6, 6.07) is 4.47. The van der Waals surface area contributed by atoms with Crippen LogP contribution in [0.25, 0.3) is 0 Å². The van der Waals surface area contributed by atoms with Crippen LogP contribution in [-0.2, 0) is 23.2 Å². The quantitative estimate of drug-likeness (QED) is 0.800. The predicted octanol–water partition coefficient (Wildman–Crippen LogP) is 3.61. The number of rotatable bonds is 2. The molecule has 2 heterocycles. The van der Waals surface area contributed by atoms with Crippen LogP contribution in [-0.4, -0.2) is 40.8 Å². The first-order valence-corrected chi connectivity index (χ1v) is 9.80. The Morgan fingerprint density at radius 3 is 2.43 bits per heavy atom. The maximum Gasteiger partial charge on any atom is 0.426 e. The lowest BCUT2D eigenvalue weighted by Crippen LogP contribution is -2.56. The van der Waals surface area contributed by atoms with Crippen molar-refractivity contribution < 1.29 is 23.1 Å². The molecule has 2 atom stereocenters. The lowest BCUT2D eigenvalue weighted by atomic mass is 9.80. The van der Waals surface area contributed by atoms with E-state index in [4.69, 9.17) is 0 Å². The second kappa shape index (κ2) is 7.02. The molecule has 0 spiro atoms. The van der Waals surface area contributed by atoms with Crippen LogP contribution in [0.1, 0.15) is 68.8 Å². The van der Waals surface area contributed by atoms with E-state index >= 15 is 0 Å². The number of hydrogen-bond acceptors (Lipinski definition) is 3. The van der Waals surface area contributed by atoms with Crippen molar-refractivity contribution >= 4 is 5.91 Å². The number of fused-ring (bicyclic) bond motifs is 1. The van der Waals surface area contributed by atoms with Crippen LogP contribution in [0.3, 0.4) is 0 Å². The summed E-state index contributed by atoms with van der Waals surface area (Å²) in [4.78, 5) is 13.6. The number of carbonyl (C=O) groups excluding carboxylic acids is 1.